The molecule has 0 aromatic heterocycles. The molecule has 0 saturated carbocycles. The number of amides is 1. The van der Waals surface area contributed by atoms with Crippen LogP contribution in [0.15, 0.2) is 72.8 Å². The average molecular weight is 434 g/mol. The van der Waals surface area contributed by atoms with Gasteiger partial charge in [0.1, 0.15) is 23.4 Å². The zero-order valence-electron chi connectivity index (χ0n) is 17.9. The molecule has 3 rings (SSSR count). The Kier molecular flexibility index (Phi) is 7.66. The molecule has 5 N–H and O–H groups in total. The maximum Gasteiger partial charge on any atom is 0.247 e. The van der Waals surface area contributed by atoms with Crippen molar-refractivity contribution in [1.29, 1.82) is 5.41 Å². The van der Waals surface area contributed by atoms with Crippen molar-refractivity contribution in [3.8, 4) is 11.5 Å². The summed E-state index contributed by atoms with van der Waals surface area (Å²) >= 11 is 0. The molecule has 8 heteroatoms. The number of hydrogen-bond donors (Lipinski definition) is 5. The molecule has 1 amide bonds. The second-order valence-electron chi connectivity index (χ2n) is 6.99. The van der Waals surface area contributed by atoms with E-state index in [0.29, 0.717) is 34.9 Å². The predicted molar refractivity (Wildman–Crippen MR) is 122 cm³/mol. The van der Waals surface area contributed by atoms with Gasteiger partial charge < -0.3 is 20.1 Å². The summed E-state index contributed by atoms with van der Waals surface area (Å²) in [5.74, 6) is 0.795. The zero-order chi connectivity index (χ0) is 22.9. The largest absolute Gasteiger partial charge is 0.497 e. The van der Waals surface area contributed by atoms with E-state index in [1.165, 1.54) is 0 Å². The van der Waals surface area contributed by atoms with Gasteiger partial charge in [0.2, 0.25) is 5.91 Å². The topological polar surface area (TPSA) is 116 Å². The van der Waals surface area contributed by atoms with Gasteiger partial charge in [-0.15, -0.1) is 0 Å². The maximum absolute atomic E-state index is 13.2. The number of rotatable bonds is 9. The predicted octanol–water partition coefficient (Wildman–Crippen LogP) is 3.48. The average Bonchev–Trinajstić information content (AvgIpc) is 2.85. The van der Waals surface area contributed by atoms with Crippen molar-refractivity contribution >= 4 is 17.4 Å². The SMILES string of the molecule is COc1cc(OC)cc([C@@H](Nc2ccc(C(=N)NO)cc2)C(=O)NCc2ccccc2)c1. The van der Waals surface area contributed by atoms with Crippen LogP contribution in [0.25, 0.3) is 0 Å². The van der Waals surface area contributed by atoms with E-state index in [2.05, 4.69) is 10.6 Å². The van der Waals surface area contributed by atoms with Crippen LogP contribution in [0.3, 0.4) is 0 Å². The fraction of sp³-hybridized carbons (Fsp3) is 0.167. The number of methoxy groups -OCH3 is 2. The molecule has 0 aliphatic rings. The first-order valence-electron chi connectivity index (χ1n) is 9.94. The summed E-state index contributed by atoms with van der Waals surface area (Å²) in [5, 5.41) is 22.8. The van der Waals surface area contributed by atoms with E-state index >= 15 is 0 Å². The lowest BCUT2D eigenvalue weighted by atomic mass is 10.0. The van der Waals surface area contributed by atoms with Gasteiger partial charge in [0.15, 0.2) is 0 Å². The van der Waals surface area contributed by atoms with Crippen molar-refractivity contribution in [3.05, 3.63) is 89.5 Å². The Bertz CT molecular complexity index is 1030. The summed E-state index contributed by atoms with van der Waals surface area (Å²) in [6.45, 7) is 0.386. The number of carbonyl (C=O) groups excluding carboxylic acids is 1. The lowest BCUT2D eigenvalue weighted by Crippen LogP contribution is -2.33. The van der Waals surface area contributed by atoms with Crippen molar-refractivity contribution in [1.82, 2.24) is 10.8 Å². The zero-order valence-corrected chi connectivity index (χ0v) is 17.9. The number of anilines is 1. The van der Waals surface area contributed by atoms with Crippen molar-refractivity contribution in [3.63, 3.8) is 0 Å². The van der Waals surface area contributed by atoms with Crippen molar-refractivity contribution in [2.24, 2.45) is 0 Å². The number of benzene rings is 3. The molecular weight excluding hydrogens is 408 g/mol. The van der Waals surface area contributed by atoms with E-state index in [9.17, 15) is 4.79 Å². The van der Waals surface area contributed by atoms with Crippen LogP contribution in [0, 0.1) is 5.41 Å². The van der Waals surface area contributed by atoms with E-state index in [1.807, 2.05) is 35.8 Å². The van der Waals surface area contributed by atoms with E-state index in [4.69, 9.17) is 20.1 Å². The maximum atomic E-state index is 13.2. The minimum absolute atomic E-state index is 0.119. The Morgan fingerprint density at radius 3 is 2.16 bits per heavy atom. The molecule has 0 spiro atoms. The Morgan fingerprint density at radius 2 is 1.59 bits per heavy atom. The third-order valence-corrected chi connectivity index (χ3v) is 4.88. The van der Waals surface area contributed by atoms with E-state index in [-0.39, 0.29) is 11.7 Å². The van der Waals surface area contributed by atoms with Gasteiger partial charge in [0.25, 0.3) is 0 Å². The second-order valence-corrected chi connectivity index (χ2v) is 6.99. The minimum atomic E-state index is -0.732. The molecule has 1 atom stereocenters. The third-order valence-electron chi connectivity index (χ3n) is 4.88. The van der Waals surface area contributed by atoms with Crippen molar-refractivity contribution in [2.75, 3.05) is 19.5 Å². The standard InChI is InChI=1S/C24H26N4O4/c1-31-20-12-18(13-21(14-20)32-2)22(24(29)26-15-16-6-4-3-5-7-16)27-19-10-8-17(9-11-19)23(25)28-30/h3-14,22,27,30H,15H2,1-2H3,(H2,25,28)(H,26,29)/t22-/m1/s1. The molecule has 0 heterocycles. The fourth-order valence-electron chi connectivity index (χ4n) is 3.15. The van der Waals surface area contributed by atoms with Gasteiger partial charge in [0, 0.05) is 23.9 Å². The molecule has 0 bridgehead atoms. The summed E-state index contributed by atoms with van der Waals surface area (Å²) in [5.41, 5.74) is 4.64. The van der Waals surface area contributed by atoms with Gasteiger partial charge in [0.05, 0.1) is 14.2 Å². The summed E-state index contributed by atoms with van der Waals surface area (Å²) in [7, 11) is 3.11. The van der Waals surface area contributed by atoms with E-state index < -0.39 is 6.04 Å². The summed E-state index contributed by atoms with van der Waals surface area (Å²) in [6.07, 6.45) is 0. The number of nitrogens with one attached hydrogen (secondary N) is 4. The Morgan fingerprint density at radius 1 is 0.969 bits per heavy atom. The Hall–Kier alpha value is -4.04. The highest BCUT2D eigenvalue weighted by Crippen LogP contribution is 2.29. The number of amidine groups is 1. The van der Waals surface area contributed by atoms with Gasteiger partial charge in [-0.05, 0) is 47.5 Å². The van der Waals surface area contributed by atoms with Gasteiger partial charge in [-0.2, -0.15) is 0 Å². The van der Waals surface area contributed by atoms with Crippen LogP contribution in [0.5, 0.6) is 11.5 Å². The number of hydroxylamine groups is 1. The molecule has 32 heavy (non-hydrogen) atoms. The van der Waals surface area contributed by atoms with Gasteiger partial charge in [-0.3, -0.25) is 20.9 Å². The first-order valence-corrected chi connectivity index (χ1v) is 9.94. The van der Waals surface area contributed by atoms with Crippen molar-refractivity contribution < 1.29 is 19.5 Å². The molecule has 0 unspecified atom stereocenters. The monoisotopic (exact) mass is 434 g/mol. The molecule has 166 valence electrons. The van der Waals surface area contributed by atoms with Crippen LogP contribution in [0.2, 0.25) is 0 Å². The van der Waals surface area contributed by atoms with Crippen LogP contribution in [-0.4, -0.2) is 31.2 Å². The molecule has 0 aliphatic carbocycles. The lowest BCUT2D eigenvalue weighted by Gasteiger charge is -2.21. The quantitative estimate of drug-likeness (QED) is 0.200. The highest BCUT2D eigenvalue weighted by atomic mass is 16.5. The van der Waals surface area contributed by atoms with Crippen molar-refractivity contribution in [2.45, 2.75) is 12.6 Å². The molecule has 0 fully saturated rings. The summed E-state index contributed by atoms with van der Waals surface area (Å²) < 4.78 is 10.7. The van der Waals surface area contributed by atoms with Crippen LogP contribution in [0.1, 0.15) is 22.7 Å². The van der Waals surface area contributed by atoms with Gasteiger partial charge in [-0.1, -0.05) is 30.3 Å². The van der Waals surface area contributed by atoms with E-state index in [0.717, 1.165) is 5.56 Å². The lowest BCUT2D eigenvalue weighted by molar-refractivity contribution is -0.122. The first-order chi connectivity index (χ1) is 15.5. The normalized spacial score (nSPS) is 11.2. The molecule has 0 saturated heterocycles. The van der Waals surface area contributed by atoms with Crippen LogP contribution in [-0.2, 0) is 11.3 Å². The molecule has 3 aromatic carbocycles. The highest BCUT2D eigenvalue weighted by molar-refractivity contribution is 5.95. The van der Waals surface area contributed by atoms with Gasteiger partial charge >= 0.3 is 0 Å². The van der Waals surface area contributed by atoms with Gasteiger partial charge in [-0.25, -0.2) is 0 Å². The Balaban J connectivity index is 1.88. The molecule has 8 nitrogen and oxygen atoms in total. The minimum Gasteiger partial charge on any atom is -0.497 e. The molecular formula is C24H26N4O4. The van der Waals surface area contributed by atoms with Crippen LogP contribution >= 0.6 is 0 Å². The van der Waals surface area contributed by atoms with Crippen LogP contribution in [0.4, 0.5) is 5.69 Å². The highest BCUT2D eigenvalue weighted by Gasteiger charge is 2.22. The molecule has 3 aromatic rings. The van der Waals surface area contributed by atoms with E-state index in [1.54, 1.807) is 56.7 Å². The summed E-state index contributed by atoms with van der Waals surface area (Å²) in [4.78, 5) is 13.2. The number of hydrogen-bond acceptors (Lipinski definition) is 6. The molecule has 0 radical (unpaired) electrons. The smallest absolute Gasteiger partial charge is 0.247 e. The Labute approximate surface area is 186 Å². The third kappa shape index (κ3) is 5.77. The fourth-order valence-corrected chi connectivity index (χ4v) is 3.15. The van der Waals surface area contributed by atoms with Crippen LogP contribution < -0.4 is 25.6 Å². The molecule has 0 aliphatic heterocycles. The number of ether oxygens (including phenoxy) is 2. The first kappa shape index (κ1) is 22.6. The summed E-state index contributed by atoms with van der Waals surface area (Å²) in [6, 6.07) is 21.0. The second kappa shape index (κ2) is 10.8. The number of carbonyl (C=O) groups is 1.